The molecule has 3 heteroatoms. The Morgan fingerprint density at radius 3 is 2.45 bits per heavy atom. The molecule has 3 rings (SSSR count). The zero-order valence-electron chi connectivity index (χ0n) is 11.2. The number of aromatic nitrogens is 1. The number of aliphatic hydroxyl groups excluding tert-OH is 1. The maximum atomic E-state index is 12.6. The molecule has 0 aliphatic carbocycles. The van der Waals surface area contributed by atoms with Gasteiger partial charge in [0.05, 0.1) is 11.6 Å². The summed E-state index contributed by atoms with van der Waals surface area (Å²) in [5.41, 5.74) is 2.88. The molecule has 2 aromatic heterocycles. The van der Waals surface area contributed by atoms with Gasteiger partial charge in [-0.15, -0.1) is 0 Å². The van der Waals surface area contributed by atoms with Crippen LogP contribution in [0.4, 0.5) is 0 Å². The second-order valence-corrected chi connectivity index (χ2v) is 4.82. The summed E-state index contributed by atoms with van der Waals surface area (Å²) in [5, 5.41) is 9.97. The highest BCUT2D eigenvalue weighted by Crippen LogP contribution is 2.23. The van der Waals surface area contributed by atoms with Crippen molar-refractivity contribution in [2.24, 2.45) is 0 Å². The molecule has 1 unspecified atom stereocenters. The molecule has 1 aromatic carbocycles. The van der Waals surface area contributed by atoms with Crippen molar-refractivity contribution in [3.63, 3.8) is 0 Å². The normalized spacial score (nSPS) is 12.5. The third-order valence-corrected chi connectivity index (χ3v) is 3.44. The number of pyridine rings is 2. The molecule has 0 aliphatic heterocycles. The third kappa shape index (κ3) is 2.02. The van der Waals surface area contributed by atoms with Gasteiger partial charge in [0, 0.05) is 17.3 Å². The Morgan fingerprint density at radius 1 is 1.05 bits per heavy atom. The van der Waals surface area contributed by atoms with Gasteiger partial charge < -0.3 is 5.11 Å². The second kappa shape index (κ2) is 4.94. The lowest BCUT2D eigenvalue weighted by atomic mass is 10.0. The molecule has 0 radical (unpaired) electrons. The first-order chi connectivity index (χ1) is 9.68. The van der Waals surface area contributed by atoms with Crippen molar-refractivity contribution >= 4 is 5.52 Å². The van der Waals surface area contributed by atoms with Gasteiger partial charge in [-0.3, -0.25) is 9.20 Å². The van der Waals surface area contributed by atoms with Crippen molar-refractivity contribution < 1.29 is 5.11 Å². The van der Waals surface area contributed by atoms with Gasteiger partial charge in [-0.05, 0) is 30.7 Å². The first-order valence-electron chi connectivity index (χ1n) is 6.56. The van der Waals surface area contributed by atoms with Crippen LogP contribution in [0, 0.1) is 0 Å². The van der Waals surface area contributed by atoms with Crippen molar-refractivity contribution in [1.29, 1.82) is 0 Å². The summed E-state index contributed by atoms with van der Waals surface area (Å²) in [6, 6.07) is 16.8. The van der Waals surface area contributed by atoms with Crippen LogP contribution in [0.15, 0.2) is 65.6 Å². The van der Waals surface area contributed by atoms with Gasteiger partial charge in [-0.2, -0.15) is 0 Å². The minimum Gasteiger partial charge on any atom is -0.389 e. The quantitative estimate of drug-likeness (QED) is 0.774. The van der Waals surface area contributed by atoms with Crippen molar-refractivity contribution in [2.45, 2.75) is 13.0 Å². The molecule has 20 heavy (non-hydrogen) atoms. The van der Waals surface area contributed by atoms with Crippen LogP contribution >= 0.6 is 0 Å². The van der Waals surface area contributed by atoms with E-state index < -0.39 is 6.10 Å². The van der Waals surface area contributed by atoms with Crippen LogP contribution in [-0.2, 0) is 0 Å². The van der Waals surface area contributed by atoms with E-state index in [9.17, 15) is 9.90 Å². The SMILES string of the molecule is CC(O)c1cc(-c2ccccc2)c(=O)n2ccccc12. The average molecular weight is 265 g/mol. The molecule has 1 N–H and O–H groups in total. The monoisotopic (exact) mass is 265 g/mol. The smallest absolute Gasteiger partial charge is 0.262 e. The molecule has 2 heterocycles. The molecule has 100 valence electrons. The number of nitrogens with zero attached hydrogens (tertiary/aromatic N) is 1. The van der Waals surface area contributed by atoms with E-state index in [2.05, 4.69) is 0 Å². The first-order valence-corrected chi connectivity index (χ1v) is 6.56. The van der Waals surface area contributed by atoms with Crippen LogP contribution in [-0.4, -0.2) is 9.51 Å². The van der Waals surface area contributed by atoms with E-state index in [4.69, 9.17) is 0 Å². The van der Waals surface area contributed by atoms with Gasteiger partial charge in [0.15, 0.2) is 0 Å². The average Bonchev–Trinajstić information content (AvgIpc) is 2.48. The van der Waals surface area contributed by atoms with Crippen LogP contribution in [0.1, 0.15) is 18.6 Å². The zero-order valence-corrected chi connectivity index (χ0v) is 11.2. The lowest BCUT2D eigenvalue weighted by molar-refractivity contribution is 0.200. The summed E-state index contributed by atoms with van der Waals surface area (Å²) < 4.78 is 1.59. The summed E-state index contributed by atoms with van der Waals surface area (Å²) in [4.78, 5) is 12.6. The molecule has 0 amide bonds. The Labute approximate surface area is 116 Å². The van der Waals surface area contributed by atoms with Crippen LogP contribution in [0.5, 0.6) is 0 Å². The Kier molecular flexibility index (Phi) is 3.12. The molecule has 0 saturated heterocycles. The topological polar surface area (TPSA) is 41.7 Å². The summed E-state index contributed by atoms with van der Waals surface area (Å²) >= 11 is 0. The Morgan fingerprint density at radius 2 is 1.75 bits per heavy atom. The molecule has 0 bridgehead atoms. The van der Waals surface area contributed by atoms with Gasteiger partial charge in [0.2, 0.25) is 0 Å². The largest absolute Gasteiger partial charge is 0.389 e. The number of benzene rings is 1. The van der Waals surface area contributed by atoms with Crippen molar-refractivity contribution in [3.8, 4) is 11.1 Å². The van der Waals surface area contributed by atoms with E-state index in [0.29, 0.717) is 5.56 Å². The summed E-state index contributed by atoms with van der Waals surface area (Å²) in [7, 11) is 0. The minimum absolute atomic E-state index is 0.0730. The Bertz CT molecular complexity index is 804. The van der Waals surface area contributed by atoms with Crippen LogP contribution in [0.2, 0.25) is 0 Å². The second-order valence-electron chi connectivity index (χ2n) is 4.82. The third-order valence-electron chi connectivity index (χ3n) is 3.44. The molecule has 0 aliphatic rings. The van der Waals surface area contributed by atoms with E-state index in [1.807, 2.05) is 48.5 Å². The highest BCUT2D eigenvalue weighted by molar-refractivity contribution is 5.68. The molecule has 0 saturated carbocycles. The Hall–Kier alpha value is -2.39. The van der Waals surface area contributed by atoms with E-state index in [1.54, 1.807) is 23.6 Å². The predicted molar refractivity (Wildman–Crippen MR) is 79.7 cm³/mol. The molecule has 0 fully saturated rings. The summed E-state index contributed by atoms with van der Waals surface area (Å²) in [5.74, 6) is 0. The number of hydrogen-bond acceptors (Lipinski definition) is 2. The zero-order chi connectivity index (χ0) is 14.1. The molecule has 3 aromatic rings. The van der Waals surface area contributed by atoms with Crippen molar-refractivity contribution in [1.82, 2.24) is 4.40 Å². The predicted octanol–water partition coefficient (Wildman–Crippen LogP) is 3.02. The number of hydrogen-bond donors (Lipinski definition) is 1. The number of aliphatic hydroxyl groups is 1. The van der Waals surface area contributed by atoms with Crippen LogP contribution in [0.3, 0.4) is 0 Å². The fraction of sp³-hybridized carbons (Fsp3) is 0.118. The summed E-state index contributed by atoms with van der Waals surface area (Å²) in [6.07, 6.45) is 1.10. The number of fused-ring (bicyclic) bond motifs is 1. The number of rotatable bonds is 2. The fourth-order valence-electron chi connectivity index (χ4n) is 2.44. The van der Waals surface area contributed by atoms with E-state index in [1.165, 1.54) is 0 Å². The van der Waals surface area contributed by atoms with E-state index >= 15 is 0 Å². The van der Waals surface area contributed by atoms with Crippen LogP contribution in [0.25, 0.3) is 16.6 Å². The van der Waals surface area contributed by atoms with Crippen molar-refractivity contribution in [3.05, 3.63) is 76.7 Å². The van der Waals surface area contributed by atoms with Crippen molar-refractivity contribution in [2.75, 3.05) is 0 Å². The van der Waals surface area contributed by atoms with Gasteiger partial charge >= 0.3 is 0 Å². The lowest BCUT2D eigenvalue weighted by Gasteiger charge is -2.13. The fourth-order valence-corrected chi connectivity index (χ4v) is 2.44. The van der Waals surface area contributed by atoms with Gasteiger partial charge in [-0.1, -0.05) is 36.4 Å². The minimum atomic E-state index is -0.629. The maximum absolute atomic E-state index is 12.6. The van der Waals surface area contributed by atoms with Crippen LogP contribution < -0.4 is 5.56 Å². The molecule has 3 nitrogen and oxygen atoms in total. The molecular weight excluding hydrogens is 250 g/mol. The first kappa shape index (κ1) is 12.6. The van der Waals surface area contributed by atoms with Gasteiger partial charge in [0.1, 0.15) is 0 Å². The Balaban J connectivity index is 2.40. The molecule has 0 spiro atoms. The molecule has 1 atom stereocenters. The standard InChI is InChI=1S/C17H15NO2/c1-12(19)14-11-15(13-7-3-2-4-8-13)17(20)18-10-6-5-9-16(14)18/h2-12,19H,1H3. The highest BCUT2D eigenvalue weighted by Gasteiger charge is 2.13. The summed E-state index contributed by atoms with van der Waals surface area (Å²) in [6.45, 7) is 1.71. The molecular formula is C17H15NO2. The lowest BCUT2D eigenvalue weighted by Crippen LogP contribution is -2.17. The van der Waals surface area contributed by atoms with E-state index in [0.717, 1.165) is 16.6 Å². The van der Waals surface area contributed by atoms with Gasteiger partial charge in [-0.25, -0.2) is 0 Å². The highest BCUT2D eigenvalue weighted by atomic mass is 16.3. The maximum Gasteiger partial charge on any atom is 0.262 e. The van der Waals surface area contributed by atoms with Gasteiger partial charge in [0.25, 0.3) is 5.56 Å². The van der Waals surface area contributed by atoms with E-state index in [-0.39, 0.29) is 5.56 Å².